The van der Waals surface area contributed by atoms with Gasteiger partial charge >= 0.3 is 0 Å². The summed E-state index contributed by atoms with van der Waals surface area (Å²) in [5.74, 6) is -0.189. The van der Waals surface area contributed by atoms with Crippen LogP contribution < -0.4 is 10.2 Å². The molecule has 1 amide bonds. The Hall–Kier alpha value is -2.60. The van der Waals surface area contributed by atoms with Gasteiger partial charge in [0.1, 0.15) is 12.1 Å². The lowest BCUT2D eigenvalue weighted by molar-refractivity contribution is -0.116. The van der Waals surface area contributed by atoms with Gasteiger partial charge in [-0.3, -0.25) is 4.79 Å². The smallest absolute Gasteiger partial charge is 0.246 e. The van der Waals surface area contributed by atoms with E-state index >= 15 is 0 Å². The van der Waals surface area contributed by atoms with Crippen LogP contribution in [0.2, 0.25) is 5.02 Å². The van der Waals surface area contributed by atoms with E-state index in [4.69, 9.17) is 11.6 Å². The minimum Gasteiger partial charge on any atom is -0.375 e. The van der Waals surface area contributed by atoms with Crippen molar-refractivity contribution in [2.45, 2.75) is 6.54 Å². The summed E-state index contributed by atoms with van der Waals surface area (Å²) in [7, 11) is 3.75. The van der Waals surface area contributed by atoms with Crippen molar-refractivity contribution in [1.29, 1.82) is 0 Å². The van der Waals surface area contributed by atoms with E-state index in [1.807, 2.05) is 49.3 Å². The van der Waals surface area contributed by atoms with Crippen LogP contribution in [0.3, 0.4) is 0 Å². The van der Waals surface area contributed by atoms with Crippen LogP contribution in [0.1, 0.15) is 0 Å². The normalized spacial score (nSPS) is 10.7. The number of aromatic nitrogens is 3. The molecule has 0 spiro atoms. The zero-order chi connectivity index (χ0) is 16.4. The van der Waals surface area contributed by atoms with Crippen LogP contribution >= 0.6 is 11.6 Å². The fourth-order valence-electron chi connectivity index (χ4n) is 2.43. The van der Waals surface area contributed by atoms with Crippen molar-refractivity contribution in [2.24, 2.45) is 0 Å². The van der Waals surface area contributed by atoms with Gasteiger partial charge in [-0.2, -0.15) is 0 Å². The number of hydrogen-bond donors (Lipinski definition) is 1. The predicted octanol–water partition coefficient (Wildman–Crippen LogP) is 2.79. The summed E-state index contributed by atoms with van der Waals surface area (Å²) in [5.41, 5.74) is 3.02. The highest BCUT2D eigenvalue weighted by atomic mass is 35.5. The highest BCUT2D eigenvalue weighted by Gasteiger charge is 2.13. The summed E-state index contributed by atoms with van der Waals surface area (Å²) in [4.78, 5) is 14.2. The van der Waals surface area contributed by atoms with Crippen LogP contribution in [-0.4, -0.2) is 35.0 Å². The number of nitrogens with zero attached hydrogens (tertiary/aromatic N) is 4. The maximum Gasteiger partial charge on any atom is 0.246 e. The fraction of sp³-hybridized carbons (Fsp3) is 0.188. The Morgan fingerprint density at radius 1 is 1.22 bits per heavy atom. The highest BCUT2D eigenvalue weighted by molar-refractivity contribution is 6.34. The summed E-state index contributed by atoms with van der Waals surface area (Å²) in [6.45, 7) is 0.0832. The number of anilines is 2. The van der Waals surface area contributed by atoms with Gasteiger partial charge in [-0.15, -0.1) is 5.10 Å². The first-order valence-electron chi connectivity index (χ1n) is 7.10. The van der Waals surface area contributed by atoms with Gasteiger partial charge in [-0.25, -0.2) is 4.68 Å². The molecule has 2 aromatic carbocycles. The van der Waals surface area contributed by atoms with E-state index in [0.717, 1.165) is 16.7 Å². The SMILES string of the molecule is CN(C)c1c(Cl)cccc1NC(=O)Cn1nnc2ccccc21. The van der Waals surface area contributed by atoms with Crippen LogP contribution in [0, 0.1) is 0 Å². The molecule has 0 unspecified atom stereocenters. The number of amides is 1. The Labute approximate surface area is 138 Å². The Morgan fingerprint density at radius 3 is 2.78 bits per heavy atom. The van der Waals surface area contributed by atoms with E-state index < -0.39 is 0 Å². The van der Waals surface area contributed by atoms with E-state index in [2.05, 4.69) is 15.6 Å². The molecule has 6 nitrogen and oxygen atoms in total. The molecule has 1 N–H and O–H groups in total. The molecule has 0 aliphatic carbocycles. The van der Waals surface area contributed by atoms with Crippen LogP contribution in [0.4, 0.5) is 11.4 Å². The van der Waals surface area contributed by atoms with Crippen LogP contribution in [0.5, 0.6) is 0 Å². The van der Waals surface area contributed by atoms with Gasteiger partial charge in [0.05, 0.1) is 21.9 Å². The van der Waals surface area contributed by atoms with Crippen LogP contribution in [0.25, 0.3) is 11.0 Å². The van der Waals surface area contributed by atoms with Crippen LogP contribution in [0.15, 0.2) is 42.5 Å². The molecule has 0 aliphatic heterocycles. The molecule has 0 atom stereocenters. The van der Waals surface area contributed by atoms with E-state index in [1.165, 1.54) is 0 Å². The molecule has 0 aliphatic rings. The number of carbonyl (C=O) groups excluding carboxylic acids is 1. The number of hydrogen-bond acceptors (Lipinski definition) is 4. The largest absolute Gasteiger partial charge is 0.375 e. The molecular formula is C16H16ClN5O. The monoisotopic (exact) mass is 329 g/mol. The van der Waals surface area contributed by atoms with Gasteiger partial charge in [0, 0.05) is 14.1 Å². The zero-order valence-electron chi connectivity index (χ0n) is 12.8. The van der Waals surface area contributed by atoms with Crippen molar-refractivity contribution in [3.63, 3.8) is 0 Å². The third-order valence-corrected chi connectivity index (χ3v) is 3.73. The number of nitrogens with one attached hydrogen (secondary N) is 1. The lowest BCUT2D eigenvalue weighted by Crippen LogP contribution is -2.21. The summed E-state index contributed by atoms with van der Waals surface area (Å²) in [5, 5.41) is 11.5. The minimum atomic E-state index is -0.189. The molecule has 0 saturated heterocycles. The highest BCUT2D eigenvalue weighted by Crippen LogP contribution is 2.32. The lowest BCUT2D eigenvalue weighted by atomic mass is 10.2. The maximum absolute atomic E-state index is 12.3. The van der Waals surface area contributed by atoms with Gasteiger partial charge in [0.25, 0.3) is 0 Å². The minimum absolute atomic E-state index is 0.0832. The molecule has 1 heterocycles. The third-order valence-electron chi connectivity index (χ3n) is 3.42. The number of para-hydroxylation sites is 2. The molecule has 0 bridgehead atoms. The maximum atomic E-state index is 12.3. The van der Waals surface area contributed by atoms with Gasteiger partial charge < -0.3 is 10.2 Å². The topological polar surface area (TPSA) is 63.1 Å². The number of rotatable bonds is 4. The summed E-state index contributed by atoms with van der Waals surface area (Å²) in [6, 6.07) is 12.9. The first-order valence-corrected chi connectivity index (χ1v) is 7.48. The van der Waals surface area contributed by atoms with Gasteiger partial charge in [-0.05, 0) is 24.3 Å². The predicted molar refractivity (Wildman–Crippen MR) is 91.9 cm³/mol. The second-order valence-corrected chi connectivity index (χ2v) is 5.72. The Morgan fingerprint density at radius 2 is 2.00 bits per heavy atom. The Balaban J connectivity index is 1.82. The van der Waals surface area contributed by atoms with Crippen molar-refractivity contribution in [3.05, 3.63) is 47.5 Å². The molecule has 0 fully saturated rings. The van der Waals surface area contributed by atoms with Crippen molar-refractivity contribution in [2.75, 3.05) is 24.3 Å². The van der Waals surface area contributed by atoms with Gasteiger partial charge in [0.2, 0.25) is 5.91 Å². The van der Waals surface area contributed by atoms with Gasteiger partial charge in [-0.1, -0.05) is 35.0 Å². The second-order valence-electron chi connectivity index (χ2n) is 5.31. The first-order chi connectivity index (χ1) is 11.1. The molecular weight excluding hydrogens is 314 g/mol. The summed E-state index contributed by atoms with van der Waals surface area (Å²) < 4.78 is 1.57. The molecule has 1 aromatic heterocycles. The van der Waals surface area contributed by atoms with Crippen molar-refractivity contribution >= 4 is 39.9 Å². The summed E-state index contributed by atoms with van der Waals surface area (Å²) >= 11 is 6.21. The molecule has 0 saturated carbocycles. The number of benzene rings is 2. The number of fused-ring (bicyclic) bond motifs is 1. The standard InChI is InChI=1S/C16H16ClN5O/c1-21(2)16-11(17)6-5-8-13(16)18-15(23)10-22-14-9-4-3-7-12(14)19-20-22/h3-9H,10H2,1-2H3,(H,18,23). The van der Waals surface area contributed by atoms with E-state index in [-0.39, 0.29) is 12.5 Å². The zero-order valence-corrected chi connectivity index (χ0v) is 13.6. The number of carbonyl (C=O) groups is 1. The molecule has 3 rings (SSSR count). The molecule has 23 heavy (non-hydrogen) atoms. The van der Waals surface area contributed by atoms with E-state index in [1.54, 1.807) is 16.8 Å². The molecule has 7 heteroatoms. The lowest BCUT2D eigenvalue weighted by Gasteiger charge is -2.19. The van der Waals surface area contributed by atoms with Crippen molar-refractivity contribution in [3.8, 4) is 0 Å². The average molecular weight is 330 g/mol. The first kappa shape index (κ1) is 15.3. The Kier molecular flexibility index (Phi) is 4.16. The second kappa shape index (κ2) is 6.26. The Bertz CT molecular complexity index is 859. The van der Waals surface area contributed by atoms with E-state index in [9.17, 15) is 4.79 Å². The van der Waals surface area contributed by atoms with E-state index in [0.29, 0.717) is 10.7 Å². The van der Waals surface area contributed by atoms with Gasteiger partial charge in [0.15, 0.2) is 0 Å². The van der Waals surface area contributed by atoms with Crippen molar-refractivity contribution < 1.29 is 4.79 Å². The third kappa shape index (κ3) is 3.12. The molecule has 3 aromatic rings. The van der Waals surface area contributed by atoms with Crippen molar-refractivity contribution in [1.82, 2.24) is 15.0 Å². The van der Waals surface area contributed by atoms with Crippen LogP contribution in [-0.2, 0) is 11.3 Å². The molecule has 118 valence electrons. The quantitative estimate of drug-likeness (QED) is 0.799. The average Bonchev–Trinajstić information content (AvgIpc) is 2.90. The fourth-order valence-corrected chi connectivity index (χ4v) is 2.77. The summed E-state index contributed by atoms with van der Waals surface area (Å²) in [6.07, 6.45) is 0. The molecule has 0 radical (unpaired) electrons. The number of halogens is 1.